The second-order valence-electron chi connectivity index (χ2n) is 5.64. The summed E-state index contributed by atoms with van der Waals surface area (Å²) in [4.78, 5) is 0. The molecule has 0 aliphatic heterocycles. The molecule has 0 radical (unpaired) electrons. The minimum atomic E-state index is 0.632. The first-order valence-electron chi connectivity index (χ1n) is 6.81. The quantitative estimate of drug-likeness (QED) is 0.811. The van der Waals surface area contributed by atoms with Crippen molar-refractivity contribution in [1.82, 2.24) is 0 Å². The molecule has 1 unspecified atom stereocenters. The maximum absolute atomic E-state index is 3.76. The highest BCUT2D eigenvalue weighted by Crippen LogP contribution is 2.52. The number of nitrogens with one attached hydrogen (secondary N) is 1. The van der Waals surface area contributed by atoms with Gasteiger partial charge in [-0.05, 0) is 59.2 Å². The van der Waals surface area contributed by atoms with E-state index in [1.54, 1.807) is 0 Å². The summed E-state index contributed by atoms with van der Waals surface area (Å²) in [5, 5.41) is 3.76. The topological polar surface area (TPSA) is 12.0 Å². The second kappa shape index (κ2) is 4.64. The number of halogens is 1. The van der Waals surface area contributed by atoms with Crippen LogP contribution in [-0.4, -0.2) is 6.04 Å². The predicted octanol–water partition coefficient (Wildman–Crippen LogP) is 4.97. The summed E-state index contributed by atoms with van der Waals surface area (Å²) < 4.78 is 1.19. The van der Waals surface area contributed by atoms with Crippen LogP contribution >= 0.6 is 15.9 Å². The highest BCUT2D eigenvalue weighted by Gasteiger charge is 2.46. The molecule has 2 fully saturated rings. The Hall–Kier alpha value is -0.500. The number of rotatable bonds is 2. The summed E-state index contributed by atoms with van der Waals surface area (Å²) in [6.45, 7) is 0. The Morgan fingerprint density at radius 1 is 1.06 bits per heavy atom. The molecule has 3 rings (SSSR count). The van der Waals surface area contributed by atoms with E-state index in [1.807, 2.05) is 0 Å². The smallest absolute Gasteiger partial charge is 0.0486 e. The van der Waals surface area contributed by atoms with Gasteiger partial charge in [-0.25, -0.2) is 0 Å². The van der Waals surface area contributed by atoms with Crippen molar-refractivity contribution in [2.24, 2.45) is 5.41 Å². The number of benzene rings is 1. The van der Waals surface area contributed by atoms with Gasteiger partial charge in [-0.2, -0.15) is 0 Å². The summed E-state index contributed by atoms with van der Waals surface area (Å²) in [7, 11) is 0. The average Bonchev–Trinajstić information content (AvgIpc) is 2.37. The fourth-order valence-electron chi connectivity index (χ4n) is 3.54. The average molecular weight is 294 g/mol. The SMILES string of the molecule is Brc1ccccc1NC1CCC12CCCCC2. The van der Waals surface area contributed by atoms with Crippen LogP contribution in [0.5, 0.6) is 0 Å². The molecule has 1 aromatic carbocycles. The van der Waals surface area contributed by atoms with Gasteiger partial charge in [-0.15, -0.1) is 0 Å². The lowest BCUT2D eigenvalue weighted by molar-refractivity contribution is 0.0571. The van der Waals surface area contributed by atoms with Crippen LogP contribution < -0.4 is 5.32 Å². The largest absolute Gasteiger partial charge is 0.381 e. The summed E-state index contributed by atoms with van der Waals surface area (Å²) in [5.74, 6) is 0. The van der Waals surface area contributed by atoms with Gasteiger partial charge in [0, 0.05) is 16.2 Å². The standard InChI is InChI=1S/C15H20BrN/c16-12-6-2-3-7-13(12)17-14-8-11-15(14)9-4-1-5-10-15/h2-3,6-7,14,17H,1,4-5,8-11H2. The van der Waals surface area contributed by atoms with Gasteiger partial charge in [0.2, 0.25) is 0 Å². The number of anilines is 1. The molecule has 0 saturated heterocycles. The number of para-hydroxylation sites is 1. The van der Waals surface area contributed by atoms with E-state index in [0.29, 0.717) is 11.5 Å². The molecule has 1 aromatic rings. The number of hydrogen-bond acceptors (Lipinski definition) is 1. The molecule has 1 N–H and O–H groups in total. The Labute approximate surface area is 112 Å². The molecule has 1 spiro atoms. The van der Waals surface area contributed by atoms with Gasteiger partial charge in [-0.1, -0.05) is 31.4 Å². The maximum Gasteiger partial charge on any atom is 0.0486 e. The van der Waals surface area contributed by atoms with Gasteiger partial charge in [0.15, 0.2) is 0 Å². The van der Waals surface area contributed by atoms with Crippen LogP contribution in [0.3, 0.4) is 0 Å². The molecule has 1 nitrogen and oxygen atoms in total. The molecule has 0 amide bonds. The Bertz CT molecular complexity index is 396. The third kappa shape index (κ3) is 2.12. The van der Waals surface area contributed by atoms with Crippen molar-refractivity contribution in [2.75, 3.05) is 5.32 Å². The molecule has 2 saturated carbocycles. The van der Waals surface area contributed by atoms with Crippen molar-refractivity contribution < 1.29 is 0 Å². The van der Waals surface area contributed by atoms with E-state index in [0.717, 1.165) is 0 Å². The molecule has 0 bridgehead atoms. The van der Waals surface area contributed by atoms with Gasteiger partial charge in [0.25, 0.3) is 0 Å². The van der Waals surface area contributed by atoms with Crippen molar-refractivity contribution in [1.29, 1.82) is 0 Å². The summed E-state index contributed by atoms with van der Waals surface area (Å²) in [6, 6.07) is 9.20. The van der Waals surface area contributed by atoms with E-state index < -0.39 is 0 Å². The van der Waals surface area contributed by atoms with Crippen LogP contribution in [0.15, 0.2) is 28.7 Å². The monoisotopic (exact) mass is 293 g/mol. The molecule has 2 heteroatoms. The van der Waals surface area contributed by atoms with E-state index in [4.69, 9.17) is 0 Å². The first-order chi connectivity index (χ1) is 8.30. The van der Waals surface area contributed by atoms with E-state index >= 15 is 0 Å². The van der Waals surface area contributed by atoms with E-state index in [-0.39, 0.29) is 0 Å². The van der Waals surface area contributed by atoms with Crippen molar-refractivity contribution in [3.05, 3.63) is 28.7 Å². The van der Waals surface area contributed by atoms with E-state index in [1.165, 1.54) is 55.1 Å². The molecule has 17 heavy (non-hydrogen) atoms. The van der Waals surface area contributed by atoms with E-state index in [2.05, 4.69) is 45.5 Å². The summed E-state index contributed by atoms with van der Waals surface area (Å²) >= 11 is 3.63. The first kappa shape index (κ1) is 11.6. The fourth-order valence-corrected chi connectivity index (χ4v) is 3.94. The summed E-state index contributed by atoms with van der Waals surface area (Å²) in [6.07, 6.45) is 9.99. The highest BCUT2D eigenvalue weighted by atomic mass is 79.9. The Morgan fingerprint density at radius 3 is 2.47 bits per heavy atom. The maximum atomic E-state index is 3.76. The van der Waals surface area contributed by atoms with Gasteiger partial charge in [0.1, 0.15) is 0 Å². The zero-order valence-corrected chi connectivity index (χ0v) is 11.8. The minimum absolute atomic E-state index is 0.632. The van der Waals surface area contributed by atoms with Crippen LogP contribution in [0, 0.1) is 5.41 Å². The predicted molar refractivity (Wildman–Crippen MR) is 76.3 cm³/mol. The first-order valence-corrected chi connectivity index (χ1v) is 7.61. The van der Waals surface area contributed by atoms with Crippen LogP contribution in [0.2, 0.25) is 0 Å². The van der Waals surface area contributed by atoms with E-state index in [9.17, 15) is 0 Å². The molecule has 2 aliphatic rings. The van der Waals surface area contributed by atoms with Gasteiger partial charge >= 0.3 is 0 Å². The fraction of sp³-hybridized carbons (Fsp3) is 0.600. The molecular weight excluding hydrogens is 274 g/mol. The lowest BCUT2D eigenvalue weighted by Crippen LogP contribution is -2.50. The summed E-state index contributed by atoms with van der Waals surface area (Å²) in [5.41, 5.74) is 1.90. The van der Waals surface area contributed by atoms with Gasteiger partial charge < -0.3 is 5.32 Å². The zero-order chi connectivity index (χ0) is 11.7. The van der Waals surface area contributed by atoms with Crippen molar-refractivity contribution in [3.63, 3.8) is 0 Å². The molecule has 92 valence electrons. The van der Waals surface area contributed by atoms with Crippen LogP contribution in [0.1, 0.15) is 44.9 Å². The normalized spacial score (nSPS) is 26.5. The zero-order valence-electron chi connectivity index (χ0n) is 10.2. The van der Waals surface area contributed by atoms with Crippen LogP contribution in [0.4, 0.5) is 5.69 Å². The minimum Gasteiger partial charge on any atom is -0.381 e. The third-order valence-corrected chi connectivity index (χ3v) is 5.41. The Balaban J connectivity index is 1.72. The van der Waals surface area contributed by atoms with Gasteiger partial charge in [-0.3, -0.25) is 0 Å². The highest BCUT2D eigenvalue weighted by molar-refractivity contribution is 9.10. The molecule has 1 atom stereocenters. The lowest BCUT2D eigenvalue weighted by Gasteiger charge is -2.52. The molecule has 0 aromatic heterocycles. The Morgan fingerprint density at radius 2 is 1.82 bits per heavy atom. The van der Waals surface area contributed by atoms with Crippen molar-refractivity contribution in [3.8, 4) is 0 Å². The van der Waals surface area contributed by atoms with Crippen LogP contribution in [-0.2, 0) is 0 Å². The molecule has 0 heterocycles. The van der Waals surface area contributed by atoms with Crippen molar-refractivity contribution >= 4 is 21.6 Å². The van der Waals surface area contributed by atoms with Gasteiger partial charge in [0.05, 0.1) is 0 Å². The number of hydrogen-bond donors (Lipinski definition) is 1. The molecule has 2 aliphatic carbocycles. The van der Waals surface area contributed by atoms with Crippen molar-refractivity contribution in [2.45, 2.75) is 51.0 Å². The lowest BCUT2D eigenvalue weighted by atomic mass is 9.57. The third-order valence-electron chi connectivity index (χ3n) is 4.72. The second-order valence-corrected chi connectivity index (χ2v) is 6.49. The molecular formula is C15H20BrN. The van der Waals surface area contributed by atoms with Crippen LogP contribution in [0.25, 0.3) is 0 Å². The Kier molecular flexibility index (Phi) is 3.16.